The Bertz CT molecular complexity index is 1160. The molecule has 7 nitrogen and oxygen atoms in total. The molecule has 2 heterocycles. The van der Waals surface area contributed by atoms with Gasteiger partial charge in [-0.2, -0.15) is 13.2 Å². The number of aromatic amines is 1. The van der Waals surface area contributed by atoms with Crippen molar-refractivity contribution in [2.45, 2.75) is 19.2 Å². The van der Waals surface area contributed by atoms with Crippen molar-refractivity contribution < 1.29 is 27.4 Å². The first-order valence-electron chi connectivity index (χ1n) is 9.02. The van der Waals surface area contributed by atoms with Gasteiger partial charge < -0.3 is 20.2 Å². The van der Waals surface area contributed by atoms with Crippen molar-refractivity contribution in [1.29, 1.82) is 0 Å². The number of carbonyl (C=O) groups excluding carboxylic acids is 1. The normalized spacial score (nSPS) is 12.3. The SMILES string of the molecule is COc1ncccc1C(C)Oc1ccc(-c2cc(C(N)=O)c(=O)[nH]c2C(F)(F)F)cc1. The number of nitrogens with zero attached hydrogens (tertiary/aromatic N) is 1. The Kier molecular flexibility index (Phi) is 6.00. The first kappa shape index (κ1) is 21.9. The summed E-state index contributed by atoms with van der Waals surface area (Å²) in [5.74, 6) is -0.348. The Morgan fingerprint density at radius 2 is 1.87 bits per heavy atom. The van der Waals surface area contributed by atoms with E-state index >= 15 is 0 Å². The Balaban J connectivity index is 1.95. The van der Waals surface area contributed by atoms with Crippen molar-refractivity contribution in [3.63, 3.8) is 0 Å². The number of primary amides is 1. The average molecular weight is 433 g/mol. The van der Waals surface area contributed by atoms with Crippen LogP contribution in [0.1, 0.15) is 34.6 Å². The number of aromatic nitrogens is 2. The second-order valence-corrected chi connectivity index (χ2v) is 6.55. The number of benzene rings is 1. The van der Waals surface area contributed by atoms with Gasteiger partial charge in [0.05, 0.1) is 12.7 Å². The molecule has 0 aliphatic carbocycles. The zero-order valence-corrected chi connectivity index (χ0v) is 16.5. The first-order valence-corrected chi connectivity index (χ1v) is 9.02. The van der Waals surface area contributed by atoms with Crippen LogP contribution in [-0.4, -0.2) is 23.0 Å². The molecule has 0 saturated carbocycles. The lowest BCUT2D eigenvalue weighted by atomic mass is 10.0. The van der Waals surface area contributed by atoms with Crippen molar-refractivity contribution in [3.05, 3.63) is 75.8 Å². The fraction of sp³-hybridized carbons (Fsp3) is 0.190. The molecule has 0 bridgehead atoms. The van der Waals surface area contributed by atoms with Gasteiger partial charge in [0, 0.05) is 11.8 Å². The fourth-order valence-electron chi connectivity index (χ4n) is 3.03. The van der Waals surface area contributed by atoms with E-state index < -0.39 is 35.0 Å². The molecule has 10 heteroatoms. The van der Waals surface area contributed by atoms with Gasteiger partial charge in [0.1, 0.15) is 23.1 Å². The molecular formula is C21H18F3N3O4. The molecule has 3 aromatic rings. The highest BCUT2D eigenvalue weighted by Crippen LogP contribution is 2.36. The van der Waals surface area contributed by atoms with Crippen LogP contribution in [0.4, 0.5) is 13.2 Å². The smallest absolute Gasteiger partial charge is 0.431 e. The number of methoxy groups -OCH3 is 1. The lowest BCUT2D eigenvalue weighted by Gasteiger charge is -2.17. The largest absolute Gasteiger partial charge is 0.486 e. The molecule has 1 amide bonds. The maximum absolute atomic E-state index is 13.4. The van der Waals surface area contributed by atoms with E-state index in [9.17, 15) is 22.8 Å². The van der Waals surface area contributed by atoms with Crippen LogP contribution in [0.2, 0.25) is 0 Å². The second-order valence-electron chi connectivity index (χ2n) is 6.55. The van der Waals surface area contributed by atoms with E-state index in [1.165, 1.54) is 31.4 Å². The van der Waals surface area contributed by atoms with Gasteiger partial charge in [0.2, 0.25) is 5.88 Å². The number of alkyl halides is 3. The van der Waals surface area contributed by atoms with Crippen LogP contribution in [0.5, 0.6) is 11.6 Å². The minimum Gasteiger partial charge on any atom is -0.486 e. The first-order chi connectivity index (χ1) is 14.6. The zero-order valence-electron chi connectivity index (χ0n) is 16.5. The molecule has 0 saturated heterocycles. The molecule has 0 radical (unpaired) electrons. The van der Waals surface area contributed by atoms with E-state index in [-0.39, 0.29) is 11.1 Å². The molecule has 3 rings (SSSR count). The number of halogens is 3. The summed E-state index contributed by atoms with van der Waals surface area (Å²) in [5, 5.41) is 0. The lowest BCUT2D eigenvalue weighted by Crippen LogP contribution is -2.27. The summed E-state index contributed by atoms with van der Waals surface area (Å²) in [6.07, 6.45) is -3.72. The predicted octanol–water partition coefficient (Wildman–Crippen LogP) is 3.70. The van der Waals surface area contributed by atoms with Gasteiger partial charge in [-0.25, -0.2) is 4.98 Å². The highest BCUT2D eigenvalue weighted by Gasteiger charge is 2.36. The van der Waals surface area contributed by atoms with Gasteiger partial charge >= 0.3 is 6.18 Å². The van der Waals surface area contributed by atoms with Crippen LogP contribution < -0.4 is 20.8 Å². The quantitative estimate of drug-likeness (QED) is 0.616. The van der Waals surface area contributed by atoms with Gasteiger partial charge in [-0.15, -0.1) is 0 Å². The molecule has 2 aromatic heterocycles. The Labute approximate surface area is 174 Å². The molecule has 31 heavy (non-hydrogen) atoms. The predicted molar refractivity (Wildman–Crippen MR) is 106 cm³/mol. The van der Waals surface area contributed by atoms with Crippen molar-refractivity contribution >= 4 is 5.91 Å². The number of amides is 1. The third kappa shape index (κ3) is 4.68. The summed E-state index contributed by atoms with van der Waals surface area (Å²) in [6.45, 7) is 1.77. The van der Waals surface area contributed by atoms with E-state index in [4.69, 9.17) is 15.2 Å². The Morgan fingerprint density at radius 3 is 2.45 bits per heavy atom. The highest BCUT2D eigenvalue weighted by atomic mass is 19.4. The summed E-state index contributed by atoms with van der Waals surface area (Å²) in [4.78, 5) is 29.0. The monoisotopic (exact) mass is 433 g/mol. The number of rotatable bonds is 6. The average Bonchev–Trinajstić information content (AvgIpc) is 2.73. The molecule has 1 atom stereocenters. The minimum absolute atomic E-state index is 0.116. The maximum atomic E-state index is 13.4. The maximum Gasteiger partial charge on any atom is 0.431 e. The van der Waals surface area contributed by atoms with Gasteiger partial charge in [0.15, 0.2) is 0 Å². The van der Waals surface area contributed by atoms with Crippen LogP contribution >= 0.6 is 0 Å². The minimum atomic E-state index is -4.84. The molecular weight excluding hydrogens is 415 g/mol. The van der Waals surface area contributed by atoms with E-state index in [1.807, 2.05) is 0 Å². The number of carbonyl (C=O) groups is 1. The number of nitrogens with one attached hydrogen (secondary N) is 1. The third-order valence-corrected chi connectivity index (χ3v) is 4.50. The van der Waals surface area contributed by atoms with E-state index in [0.29, 0.717) is 17.2 Å². The summed E-state index contributed by atoms with van der Waals surface area (Å²) >= 11 is 0. The van der Waals surface area contributed by atoms with Gasteiger partial charge in [-0.1, -0.05) is 12.1 Å². The van der Waals surface area contributed by atoms with Crippen molar-refractivity contribution in [3.8, 4) is 22.8 Å². The van der Waals surface area contributed by atoms with Gasteiger partial charge in [0.25, 0.3) is 11.5 Å². The fourth-order valence-corrected chi connectivity index (χ4v) is 3.03. The highest BCUT2D eigenvalue weighted by molar-refractivity contribution is 5.94. The zero-order chi connectivity index (χ0) is 22.8. The number of hydrogen-bond acceptors (Lipinski definition) is 5. The van der Waals surface area contributed by atoms with Crippen LogP contribution in [0, 0.1) is 0 Å². The third-order valence-electron chi connectivity index (χ3n) is 4.50. The molecule has 1 aromatic carbocycles. The number of H-pyrrole nitrogens is 1. The molecule has 162 valence electrons. The van der Waals surface area contributed by atoms with E-state index in [1.54, 1.807) is 30.2 Å². The van der Waals surface area contributed by atoms with Crippen molar-refractivity contribution in [2.24, 2.45) is 5.73 Å². The van der Waals surface area contributed by atoms with Crippen LogP contribution in [-0.2, 0) is 6.18 Å². The molecule has 0 fully saturated rings. The lowest BCUT2D eigenvalue weighted by molar-refractivity contribution is -0.140. The summed E-state index contributed by atoms with van der Waals surface area (Å²) in [6, 6.07) is 10.1. The van der Waals surface area contributed by atoms with Crippen LogP contribution in [0.25, 0.3) is 11.1 Å². The molecule has 3 N–H and O–H groups in total. The summed E-state index contributed by atoms with van der Waals surface area (Å²) in [5.41, 5.74) is 2.49. The van der Waals surface area contributed by atoms with Crippen molar-refractivity contribution in [2.75, 3.05) is 7.11 Å². The number of hydrogen-bond donors (Lipinski definition) is 2. The molecule has 1 unspecified atom stereocenters. The van der Waals surface area contributed by atoms with E-state index in [0.717, 1.165) is 6.07 Å². The van der Waals surface area contributed by atoms with Gasteiger partial charge in [-0.05, 0) is 42.8 Å². The Morgan fingerprint density at radius 1 is 1.19 bits per heavy atom. The second kappa shape index (κ2) is 8.50. The summed E-state index contributed by atoms with van der Waals surface area (Å²) < 4.78 is 51.3. The van der Waals surface area contributed by atoms with Crippen LogP contribution in [0.3, 0.4) is 0 Å². The van der Waals surface area contributed by atoms with E-state index in [2.05, 4.69) is 4.98 Å². The standard InChI is InChI=1S/C21H18F3N3O4/c1-11(14-4-3-9-26-20(14)30-2)31-13-7-5-12(6-8-13)15-10-16(18(25)28)19(29)27-17(15)21(22,23)24/h3-11H,1-2H3,(H2,25,28)(H,27,29). The Hall–Kier alpha value is -3.82. The molecule has 0 aliphatic rings. The number of ether oxygens (including phenoxy) is 2. The van der Waals surface area contributed by atoms with Crippen LogP contribution in [0.15, 0.2) is 53.5 Å². The summed E-state index contributed by atoms with van der Waals surface area (Å²) in [7, 11) is 1.48. The number of nitrogens with two attached hydrogens (primary N) is 1. The molecule has 0 spiro atoms. The topological polar surface area (TPSA) is 107 Å². The van der Waals surface area contributed by atoms with Gasteiger partial charge in [-0.3, -0.25) is 9.59 Å². The number of pyridine rings is 2. The molecule has 0 aliphatic heterocycles. The van der Waals surface area contributed by atoms with Crippen molar-refractivity contribution in [1.82, 2.24) is 9.97 Å².